The molecule has 0 unspecified atom stereocenters. The highest BCUT2D eigenvalue weighted by Crippen LogP contribution is 2.24. The van der Waals surface area contributed by atoms with Crippen LogP contribution in [0.4, 0.5) is 21.7 Å². The Kier molecular flexibility index (Phi) is 4.56. The summed E-state index contributed by atoms with van der Waals surface area (Å²) in [6, 6.07) is 12.6. The molecule has 1 aromatic heterocycles. The van der Waals surface area contributed by atoms with Crippen LogP contribution in [0.5, 0.6) is 0 Å². The van der Waals surface area contributed by atoms with Gasteiger partial charge in [0.25, 0.3) is 0 Å². The summed E-state index contributed by atoms with van der Waals surface area (Å²) < 4.78 is 17.7. The number of ether oxygens (including phenoxy) is 1. The minimum Gasteiger partial charge on any atom is -0.465 e. The Labute approximate surface area is 143 Å². The summed E-state index contributed by atoms with van der Waals surface area (Å²) >= 11 is 0. The van der Waals surface area contributed by atoms with Crippen LogP contribution in [0, 0.1) is 5.82 Å². The molecule has 0 aliphatic carbocycles. The minimum absolute atomic E-state index is 0.225. The molecule has 7 heteroatoms. The Morgan fingerprint density at radius 2 is 1.80 bits per heavy atom. The van der Waals surface area contributed by atoms with Crippen molar-refractivity contribution in [3.05, 3.63) is 66.1 Å². The predicted octanol–water partition coefficient (Wildman–Crippen LogP) is 3.40. The van der Waals surface area contributed by atoms with Crippen LogP contribution in [0.2, 0.25) is 0 Å². The number of rotatable bonds is 4. The van der Waals surface area contributed by atoms with E-state index >= 15 is 0 Å². The van der Waals surface area contributed by atoms with E-state index in [1.54, 1.807) is 36.4 Å². The third-order valence-electron chi connectivity index (χ3n) is 3.51. The van der Waals surface area contributed by atoms with E-state index in [4.69, 9.17) is 5.73 Å². The number of nitrogens with one attached hydrogen (secondary N) is 1. The number of nitrogens with zero attached hydrogens (tertiary/aromatic N) is 2. The third-order valence-corrected chi connectivity index (χ3v) is 3.51. The lowest BCUT2D eigenvalue weighted by Crippen LogP contribution is -2.04. The maximum absolute atomic E-state index is 13.0. The van der Waals surface area contributed by atoms with Crippen LogP contribution in [0.3, 0.4) is 0 Å². The van der Waals surface area contributed by atoms with Gasteiger partial charge in [-0.1, -0.05) is 0 Å². The lowest BCUT2D eigenvalue weighted by molar-refractivity contribution is 0.0601. The third kappa shape index (κ3) is 3.72. The van der Waals surface area contributed by atoms with Gasteiger partial charge >= 0.3 is 5.97 Å². The van der Waals surface area contributed by atoms with Gasteiger partial charge in [-0.15, -0.1) is 0 Å². The number of hydrogen-bond acceptors (Lipinski definition) is 6. The van der Waals surface area contributed by atoms with Crippen molar-refractivity contribution < 1.29 is 13.9 Å². The Hall–Kier alpha value is -3.48. The number of nitrogen functional groups attached to an aromatic ring is 1. The van der Waals surface area contributed by atoms with Crippen molar-refractivity contribution in [2.45, 2.75) is 0 Å². The molecule has 3 rings (SSSR count). The molecule has 0 atom stereocenters. The number of nitrogens with two attached hydrogens (primary N) is 1. The van der Waals surface area contributed by atoms with Crippen molar-refractivity contribution in [1.29, 1.82) is 0 Å². The summed E-state index contributed by atoms with van der Waals surface area (Å²) in [5.74, 6) is -0.143. The summed E-state index contributed by atoms with van der Waals surface area (Å²) in [6.07, 6.45) is 1.52. The number of benzene rings is 2. The van der Waals surface area contributed by atoms with Crippen molar-refractivity contribution in [3.8, 4) is 11.3 Å². The van der Waals surface area contributed by atoms with E-state index in [1.807, 2.05) is 0 Å². The SMILES string of the molecule is COC(=O)c1ccc(Nc2nc(-c3ccc(F)cc3)cnc2N)cc1. The Morgan fingerprint density at radius 3 is 2.44 bits per heavy atom. The standard InChI is InChI=1S/C18H15FN4O2/c1-25-18(24)12-4-8-14(9-5-12)22-17-16(20)21-10-15(23-17)11-2-6-13(19)7-3-11/h2-10H,1H3,(H2,20,21)(H,22,23). The number of carbonyl (C=O) groups is 1. The molecule has 3 N–H and O–H groups in total. The molecule has 0 amide bonds. The maximum atomic E-state index is 13.0. The van der Waals surface area contributed by atoms with Gasteiger partial charge in [0.2, 0.25) is 0 Å². The fourth-order valence-corrected chi connectivity index (χ4v) is 2.19. The second-order valence-corrected chi connectivity index (χ2v) is 5.19. The quantitative estimate of drug-likeness (QED) is 0.709. The topological polar surface area (TPSA) is 90.1 Å². The molecule has 0 bridgehead atoms. The molecule has 25 heavy (non-hydrogen) atoms. The number of carbonyl (C=O) groups excluding carboxylic acids is 1. The van der Waals surface area contributed by atoms with Crippen molar-refractivity contribution in [3.63, 3.8) is 0 Å². The van der Waals surface area contributed by atoms with Crippen LogP contribution in [0.25, 0.3) is 11.3 Å². The van der Waals surface area contributed by atoms with Gasteiger partial charge in [-0.3, -0.25) is 0 Å². The van der Waals surface area contributed by atoms with Crippen LogP contribution < -0.4 is 11.1 Å². The second-order valence-electron chi connectivity index (χ2n) is 5.19. The predicted molar refractivity (Wildman–Crippen MR) is 92.9 cm³/mol. The zero-order valence-electron chi connectivity index (χ0n) is 13.4. The molecule has 0 saturated heterocycles. The minimum atomic E-state index is -0.413. The van der Waals surface area contributed by atoms with Gasteiger partial charge in [-0.25, -0.2) is 19.2 Å². The monoisotopic (exact) mass is 338 g/mol. The van der Waals surface area contributed by atoms with E-state index in [0.717, 1.165) is 5.56 Å². The zero-order chi connectivity index (χ0) is 17.8. The Morgan fingerprint density at radius 1 is 1.12 bits per heavy atom. The van der Waals surface area contributed by atoms with E-state index in [1.165, 1.54) is 25.4 Å². The summed E-state index contributed by atoms with van der Waals surface area (Å²) in [4.78, 5) is 20.0. The largest absolute Gasteiger partial charge is 0.465 e. The van der Waals surface area contributed by atoms with Gasteiger partial charge in [0.05, 0.1) is 24.6 Å². The van der Waals surface area contributed by atoms with Crippen molar-refractivity contribution in [2.75, 3.05) is 18.2 Å². The Balaban J connectivity index is 1.86. The molecule has 126 valence electrons. The van der Waals surface area contributed by atoms with Crippen molar-refractivity contribution in [2.24, 2.45) is 0 Å². The maximum Gasteiger partial charge on any atom is 0.337 e. The van der Waals surface area contributed by atoms with E-state index < -0.39 is 5.97 Å². The molecule has 2 aromatic carbocycles. The van der Waals surface area contributed by atoms with E-state index in [-0.39, 0.29) is 11.6 Å². The summed E-state index contributed by atoms with van der Waals surface area (Å²) in [5, 5.41) is 3.05. The number of anilines is 3. The number of esters is 1. The van der Waals surface area contributed by atoms with Crippen molar-refractivity contribution in [1.82, 2.24) is 9.97 Å². The molecular weight excluding hydrogens is 323 g/mol. The first-order valence-electron chi connectivity index (χ1n) is 7.40. The zero-order valence-corrected chi connectivity index (χ0v) is 13.4. The normalized spacial score (nSPS) is 10.3. The highest BCUT2D eigenvalue weighted by molar-refractivity contribution is 5.89. The Bertz CT molecular complexity index is 896. The lowest BCUT2D eigenvalue weighted by Gasteiger charge is -2.10. The average Bonchev–Trinajstić information content (AvgIpc) is 2.64. The van der Waals surface area contributed by atoms with Gasteiger partial charge in [-0.2, -0.15) is 0 Å². The van der Waals surface area contributed by atoms with E-state index in [9.17, 15) is 9.18 Å². The molecule has 0 spiro atoms. The number of aromatic nitrogens is 2. The number of halogens is 1. The second kappa shape index (κ2) is 6.96. The first-order chi connectivity index (χ1) is 12.1. The molecule has 0 aliphatic rings. The molecule has 1 heterocycles. The molecule has 0 radical (unpaired) electrons. The van der Waals surface area contributed by atoms with Crippen LogP contribution in [-0.4, -0.2) is 23.0 Å². The molecule has 0 saturated carbocycles. The number of methoxy groups -OCH3 is 1. The van der Waals surface area contributed by atoms with Gasteiger partial charge in [0.1, 0.15) is 5.82 Å². The van der Waals surface area contributed by atoms with Gasteiger partial charge < -0.3 is 15.8 Å². The van der Waals surface area contributed by atoms with Gasteiger partial charge in [0.15, 0.2) is 11.6 Å². The fraction of sp³-hybridized carbons (Fsp3) is 0.0556. The highest BCUT2D eigenvalue weighted by atomic mass is 19.1. The molecular formula is C18H15FN4O2. The first kappa shape index (κ1) is 16.4. The molecule has 6 nitrogen and oxygen atoms in total. The van der Waals surface area contributed by atoms with Crippen LogP contribution in [-0.2, 0) is 4.74 Å². The number of hydrogen-bond donors (Lipinski definition) is 2. The molecule has 0 aliphatic heterocycles. The van der Waals surface area contributed by atoms with Gasteiger partial charge in [0, 0.05) is 11.3 Å². The van der Waals surface area contributed by atoms with E-state index in [2.05, 4.69) is 20.0 Å². The lowest BCUT2D eigenvalue weighted by atomic mass is 10.1. The average molecular weight is 338 g/mol. The van der Waals surface area contributed by atoms with E-state index in [0.29, 0.717) is 22.8 Å². The van der Waals surface area contributed by atoms with Crippen LogP contribution >= 0.6 is 0 Å². The summed E-state index contributed by atoms with van der Waals surface area (Å²) in [7, 11) is 1.33. The molecule has 0 fully saturated rings. The first-order valence-corrected chi connectivity index (χ1v) is 7.40. The van der Waals surface area contributed by atoms with Gasteiger partial charge in [-0.05, 0) is 48.5 Å². The highest BCUT2D eigenvalue weighted by Gasteiger charge is 2.09. The summed E-state index contributed by atoms with van der Waals surface area (Å²) in [6.45, 7) is 0. The molecule has 3 aromatic rings. The van der Waals surface area contributed by atoms with Crippen LogP contribution in [0.15, 0.2) is 54.7 Å². The smallest absolute Gasteiger partial charge is 0.337 e. The van der Waals surface area contributed by atoms with Crippen molar-refractivity contribution >= 4 is 23.3 Å². The fourth-order valence-electron chi connectivity index (χ4n) is 2.19. The summed E-state index contributed by atoms with van der Waals surface area (Å²) in [5.41, 5.74) is 8.27. The van der Waals surface area contributed by atoms with Crippen LogP contribution in [0.1, 0.15) is 10.4 Å².